The second-order valence-corrected chi connectivity index (χ2v) is 8.66. The van der Waals surface area contributed by atoms with Crippen LogP contribution in [0.15, 0.2) is 36.5 Å². The molecule has 0 saturated heterocycles. The molecular formula is C20H20FN3O2S. The fourth-order valence-electron chi connectivity index (χ4n) is 3.23. The molecule has 0 atom stereocenters. The van der Waals surface area contributed by atoms with Crippen LogP contribution in [0.4, 0.5) is 10.1 Å². The highest BCUT2D eigenvalue weighted by Crippen LogP contribution is 2.35. The number of nitrogens with zero attached hydrogens (tertiary/aromatic N) is 2. The van der Waals surface area contributed by atoms with Crippen molar-refractivity contribution in [1.82, 2.24) is 4.57 Å². The van der Waals surface area contributed by atoms with Gasteiger partial charge in [0.05, 0.1) is 23.0 Å². The van der Waals surface area contributed by atoms with Crippen LogP contribution in [0.3, 0.4) is 0 Å². The molecule has 0 radical (unpaired) electrons. The van der Waals surface area contributed by atoms with Crippen LogP contribution in [-0.2, 0) is 10.0 Å². The number of fused-ring (bicyclic) bond motifs is 1. The van der Waals surface area contributed by atoms with Gasteiger partial charge in [-0.05, 0) is 56.2 Å². The molecule has 0 bridgehead atoms. The van der Waals surface area contributed by atoms with Gasteiger partial charge in [-0.2, -0.15) is 5.26 Å². The molecule has 27 heavy (non-hydrogen) atoms. The van der Waals surface area contributed by atoms with E-state index in [0.717, 1.165) is 22.7 Å². The molecule has 0 aliphatic heterocycles. The van der Waals surface area contributed by atoms with Gasteiger partial charge >= 0.3 is 0 Å². The van der Waals surface area contributed by atoms with Crippen molar-refractivity contribution in [3.63, 3.8) is 0 Å². The lowest BCUT2D eigenvalue weighted by Crippen LogP contribution is -2.09. The average molecular weight is 385 g/mol. The van der Waals surface area contributed by atoms with Crippen molar-refractivity contribution in [3.05, 3.63) is 53.5 Å². The number of rotatable bonds is 4. The van der Waals surface area contributed by atoms with Crippen molar-refractivity contribution < 1.29 is 12.8 Å². The van der Waals surface area contributed by atoms with E-state index in [0.29, 0.717) is 16.8 Å². The van der Waals surface area contributed by atoms with Gasteiger partial charge in [-0.3, -0.25) is 4.72 Å². The standard InChI is InChI=1S/C20H20FN3O2S/c1-12(2)24-11-18(14-7-13(3)17(10-22)19(21)8-14)16-6-5-15(9-20(16)24)23-27(4,25)26/h5-9,11-12,23H,1-4H3. The molecule has 0 fully saturated rings. The van der Waals surface area contributed by atoms with Gasteiger partial charge < -0.3 is 4.57 Å². The molecule has 0 saturated carbocycles. The third-order valence-electron chi connectivity index (χ3n) is 4.40. The lowest BCUT2D eigenvalue weighted by molar-refractivity contribution is 0.607. The van der Waals surface area contributed by atoms with Crippen molar-refractivity contribution in [2.75, 3.05) is 11.0 Å². The van der Waals surface area contributed by atoms with Crippen molar-refractivity contribution >= 4 is 26.6 Å². The number of aryl methyl sites for hydroxylation is 1. The number of hydrogen-bond acceptors (Lipinski definition) is 3. The fraction of sp³-hybridized carbons (Fsp3) is 0.250. The van der Waals surface area contributed by atoms with Crippen molar-refractivity contribution in [3.8, 4) is 17.2 Å². The first-order valence-corrected chi connectivity index (χ1v) is 10.3. The first-order valence-electron chi connectivity index (χ1n) is 8.43. The topological polar surface area (TPSA) is 74.9 Å². The van der Waals surface area contributed by atoms with E-state index in [1.807, 2.05) is 36.7 Å². The fourth-order valence-corrected chi connectivity index (χ4v) is 3.78. The van der Waals surface area contributed by atoms with E-state index in [4.69, 9.17) is 5.26 Å². The van der Waals surface area contributed by atoms with Crippen LogP contribution >= 0.6 is 0 Å². The Balaban J connectivity index is 2.25. The van der Waals surface area contributed by atoms with Crippen LogP contribution in [0.25, 0.3) is 22.0 Å². The summed E-state index contributed by atoms with van der Waals surface area (Å²) < 4.78 is 41.9. The maximum absolute atomic E-state index is 14.3. The number of nitrogens with one attached hydrogen (secondary N) is 1. The second kappa shape index (κ2) is 6.71. The number of benzene rings is 2. The number of anilines is 1. The Morgan fingerprint density at radius 3 is 2.48 bits per heavy atom. The van der Waals surface area contributed by atoms with Gasteiger partial charge in [0, 0.05) is 23.2 Å². The van der Waals surface area contributed by atoms with E-state index in [2.05, 4.69) is 4.72 Å². The highest BCUT2D eigenvalue weighted by atomic mass is 32.2. The second-order valence-electron chi connectivity index (χ2n) is 6.91. The van der Waals surface area contributed by atoms with Gasteiger partial charge in [-0.25, -0.2) is 12.8 Å². The Bertz CT molecular complexity index is 1160. The SMILES string of the molecule is Cc1cc(-c2cn(C(C)C)c3cc(NS(C)(=O)=O)ccc23)cc(F)c1C#N. The summed E-state index contributed by atoms with van der Waals surface area (Å²) in [5, 5.41) is 9.96. The molecule has 5 nitrogen and oxygen atoms in total. The molecule has 1 aromatic heterocycles. The molecule has 7 heteroatoms. The van der Waals surface area contributed by atoms with Crippen LogP contribution in [0, 0.1) is 24.1 Å². The van der Waals surface area contributed by atoms with E-state index in [-0.39, 0.29) is 11.6 Å². The minimum Gasteiger partial charge on any atom is -0.344 e. The zero-order chi connectivity index (χ0) is 19.9. The first kappa shape index (κ1) is 18.9. The van der Waals surface area contributed by atoms with Crippen LogP contribution in [-0.4, -0.2) is 19.2 Å². The summed E-state index contributed by atoms with van der Waals surface area (Å²) in [5.74, 6) is -0.548. The van der Waals surface area contributed by atoms with E-state index in [1.165, 1.54) is 6.07 Å². The van der Waals surface area contributed by atoms with E-state index in [9.17, 15) is 12.8 Å². The highest BCUT2D eigenvalue weighted by molar-refractivity contribution is 7.92. The predicted molar refractivity (Wildman–Crippen MR) is 106 cm³/mol. The van der Waals surface area contributed by atoms with E-state index >= 15 is 0 Å². The highest BCUT2D eigenvalue weighted by Gasteiger charge is 2.16. The molecule has 1 N–H and O–H groups in total. The van der Waals surface area contributed by atoms with E-state index < -0.39 is 15.8 Å². The Hall–Kier alpha value is -2.85. The normalized spacial score (nSPS) is 11.7. The Morgan fingerprint density at radius 2 is 1.93 bits per heavy atom. The van der Waals surface area contributed by atoms with Gasteiger partial charge in [0.1, 0.15) is 11.9 Å². The maximum atomic E-state index is 14.3. The largest absolute Gasteiger partial charge is 0.344 e. The number of halogens is 1. The van der Waals surface area contributed by atoms with Gasteiger partial charge in [0.2, 0.25) is 10.0 Å². The number of sulfonamides is 1. The first-order chi connectivity index (χ1) is 12.6. The van der Waals surface area contributed by atoms with Gasteiger partial charge in [0.15, 0.2) is 0 Å². The van der Waals surface area contributed by atoms with Crippen LogP contribution < -0.4 is 4.72 Å². The lowest BCUT2D eigenvalue weighted by atomic mass is 9.99. The van der Waals surface area contributed by atoms with Crippen LogP contribution in [0.5, 0.6) is 0 Å². The summed E-state index contributed by atoms with van der Waals surface area (Å²) >= 11 is 0. The third-order valence-corrected chi connectivity index (χ3v) is 5.01. The molecule has 0 amide bonds. The quantitative estimate of drug-likeness (QED) is 0.714. The molecular weight excluding hydrogens is 365 g/mol. The zero-order valence-electron chi connectivity index (χ0n) is 15.5. The zero-order valence-corrected chi connectivity index (χ0v) is 16.4. The van der Waals surface area contributed by atoms with Crippen LogP contribution in [0.2, 0.25) is 0 Å². The molecule has 3 aromatic rings. The predicted octanol–water partition coefficient (Wildman–Crippen LogP) is 4.58. The summed E-state index contributed by atoms with van der Waals surface area (Å²) in [7, 11) is -3.38. The molecule has 3 rings (SSSR count). The molecule has 1 heterocycles. The molecule has 0 aliphatic carbocycles. The lowest BCUT2D eigenvalue weighted by Gasteiger charge is -2.10. The van der Waals surface area contributed by atoms with Gasteiger partial charge in [-0.1, -0.05) is 6.07 Å². The molecule has 0 aliphatic rings. The van der Waals surface area contributed by atoms with Crippen molar-refractivity contribution in [1.29, 1.82) is 5.26 Å². The summed E-state index contributed by atoms with van der Waals surface area (Å²) in [6.45, 7) is 5.75. The summed E-state index contributed by atoms with van der Waals surface area (Å²) in [6, 6.07) is 10.5. The Kier molecular flexibility index (Phi) is 4.70. The third kappa shape index (κ3) is 3.67. The maximum Gasteiger partial charge on any atom is 0.229 e. The molecule has 0 spiro atoms. The molecule has 2 aromatic carbocycles. The summed E-state index contributed by atoms with van der Waals surface area (Å²) in [6.07, 6.45) is 3.03. The number of hydrogen-bond donors (Lipinski definition) is 1. The molecule has 140 valence electrons. The minimum atomic E-state index is -3.38. The van der Waals surface area contributed by atoms with Gasteiger partial charge in [-0.15, -0.1) is 0 Å². The molecule has 0 unspecified atom stereocenters. The van der Waals surface area contributed by atoms with Gasteiger partial charge in [0.25, 0.3) is 0 Å². The smallest absolute Gasteiger partial charge is 0.229 e. The minimum absolute atomic E-state index is 0.0472. The van der Waals surface area contributed by atoms with E-state index in [1.54, 1.807) is 25.1 Å². The average Bonchev–Trinajstić information content (AvgIpc) is 2.92. The number of nitriles is 1. The summed E-state index contributed by atoms with van der Waals surface area (Å²) in [5.41, 5.74) is 3.45. The van der Waals surface area contributed by atoms with Crippen molar-refractivity contribution in [2.45, 2.75) is 26.8 Å². The summed E-state index contributed by atoms with van der Waals surface area (Å²) in [4.78, 5) is 0. The monoisotopic (exact) mass is 385 g/mol. The van der Waals surface area contributed by atoms with Crippen LogP contribution in [0.1, 0.15) is 31.0 Å². The van der Waals surface area contributed by atoms with Crippen molar-refractivity contribution in [2.24, 2.45) is 0 Å². The Morgan fingerprint density at radius 1 is 1.22 bits per heavy atom. The Labute approximate surface area is 158 Å². The number of aromatic nitrogens is 1.